The van der Waals surface area contributed by atoms with E-state index in [1.807, 2.05) is 0 Å². The molecule has 2 heteroatoms. The predicted octanol–water partition coefficient (Wildman–Crippen LogP) is 3.21. The summed E-state index contributed by atoms with van der Waals surface area (Å²) < 4.78 is 0. The fourth-order valence-corrected chi connectivity index (χ4v) is 3.26. The maximum absolute atomic E-state index is 3.79. The Balaban J connectivity index is 1.75. The van der Waals surface area contributed by atoms with E-state index in [2.05, 4.69) is 54.4 Å². The van der Waals surface area contributed by atoms with E-state index in [1.165, 1.54) is 31.4 Å². The van der Waals surface area contributed by atoms with Gasteiger partial charge in [0.25, 0.3) is 0 Å². The fraction of sp³-hybridized carbons (Fsp3) is 0.647. The lowest BCUT2D eigenvalue weighted by Gasteiger charge is -2.43. The summed E-state index contributed by atoms with van der Waals surface area (Å²) in [6.07, 6.45) is 4.07. The first-order valence-electron chi connectivity index (χ1n) is 7.83. The number of rotatable bonds is 4. The Kier molecular flexibility index (Phi) is 3.90. The first kappa shape index (κ1) is 13.1. The monoisotopic (exact) mass is 258 g/mol. The Morgan fingerprint density at radius 3 is 2.63 bits per heavy atom. The zero-order chi connectivity index (χ0) is 13.2. The van der Waals surface area contributed by atoms with Crippen LogP contribution in [0, 0.1) is 5.92 Å². The van der Waals surface area contributed by atoms with E-state index in [-0.39, 0.29) is 0 Å². The lowest BCUT2D eigenvalue weighted by atomic mass is 9.93. The van der Waals surface area contributed by atoms with Crippen molar-refractivity contribution in [2.45, 2.75) is 51.2 Å². The van der Waals surface area contributed by atoms with Gasteiger partial charge in [-0.3, -0.25) is 4.90 Å². The normalized spacial score (nSPS) is 30.2. The summed E-state index contributed by atoms with van der Waals surface area (Å²) in [4.78, 5) is 2.77. The molecular formula is C17H26N2. The van der Waals surface area contributed by atoms with Crippen LogP contribution < -0.4 is 5.32 Å². The molecule has 3 rings (SSSR count). The van der Waals surface area contributed by atoms with Crippen molar-refractivity contribution in [1.82, 2.24) is 10.2 Å². The van der Waals surface area contributed by atoms with Gasteiger partial charge in [0, 0.05) is 31.2 Å². The van der Waals surface area contributed by atoms with Crippen LogP contribution in [-0.4, -0.2) is 30.1 Å². The van der Waals surface area contributed by atoms with Gasteiger partial charge in [-0.05, 0) is 24.3 Å². The summed E-state index contributed by atoms with van der Waals surface area (Å²) in [6, 6.07) is 13.1. The Labute approximate surface area is 117 Å². The Morgan fingerprint density at radius 1 is 1.26 bits per heavy atom. The van der Waals surface area contributed by atoms with Crippen LogP contribution in [0.15, 0.2) is 30.3 Å². The molecule has 1 aromatic rings. The highest BCUT2D eigenvalue weighted by Crippen LogP contribution is 2.36. The quantitative estimate of drug-likeness (QED) is 0.892. The van der Waals surface area contributed by atoms with E-state index in [0.29, 0.717) is 12.1 Å². The van der Waals surface area contributed by atoms with Crippen molar-refractivity contribution in [3.63, 3.8) is 0 Å². The zero-order valence-corrected chi connectivity index (χ0v) is 12.2. The molecular weight excluding hydrogens is 232 g/mol. The van der Waals surface area contributed by atoms with Crippen LogP contribution in [0.2, 0.25) is 0 Å². The Bertz CT molecular complexity index is 399. The molecule has 0 bridgehead atoms. The maximum atomic E-state index is 3.79. The van der Waals surface area contributed by atoms with Gasteiger partial charge in [0.05, 0.1) is 0 Å². The Morgan fingerprint density at radius 2 is 2.00 bits per heavy atom. The van der Waals surface area contributed by atoms with Gasteiger partial charge in [0.2, 0.25) is 0 Å². The zero-order valence-electron chi connectivity index (χ0n) is 12.2. The number of hydrogen-bond donors (Lipinski definition) is 1. The van der Waals surface area contributed by atoms with E-state index < -0.39 is 0 Å². The molecule has 19 heavy (non-hydrogen) atoms. The minimum absolute atomic E-state index is 0.578. The van der Waals surface area contributed by atoms with Gasteiger partial charge in [0.15, 0.2) is 0 Å². The summed E-state index contributed by atoms with van der Waals surface area (Å²) in [7, 11) is 0. The van der Waals surface area contributed by atoms with Gasteiger partial charge in [-0.2, -0.15) is 0 Å². The van der Waals surface area contributed by atoms with Crippen LogP contribution in [-0.2, 0) is 0 Å². The smallest absolute Gasteiger partial charge is 0.0476 e. The largest absolute Gasteiger partial charge is 0.311 e. The van der Waals surface area contributed by atoms with Crippen molar-refractivity contribution in [1.29, 1.82) is 0 Å². The highest BCUT2D eigenvalue weighted by Gasteiger charge is 2.39. The summed E-state index contributed by atoms with van der Waals surface area (Å²) in [5, 5.41) is 3.79. The fourth-order valence-electron chi connectivity index (χ4n) is 3.26. The molecule has 1 aliphatic carbocycles. The van der Waals surface area contributed by atoms with E-state index in [9.17, 15) is 0 Å². The van der Waals surface area contributed by atoms with E-state index in [4.69, 9.17) is 0 Å². The average molecular weight is 258 g/mol. The number of nitrogens with zero attached hydrogens (tertiary/aromatic N) is 1. The third kappa shape index (κ3) is 2.85. The molecule has 2 nitrogen and oxygen atoms in total. The number of hydrogen-bond acceptors (Lipinski definition) is 2. The molecule has 2 aliphatic rings. The summed E-state index contributed by atoms with van der Waals surface area (Å²) in [5.74, 6) is 0.776. The lowest BCUT2D eigenvalue weighted by molar-refractivity contribution is 0.101. The minimum Gasteiger partial charge on any atom is -0.311 e. The standard InChI is InChI=1S/C17H26N2/c1-3-13(2)16-12-19(15-9-10-15)17(11-18-16)14-7-5-4-6-8-14/h4-8,13,15-18H,3,9-12H2,1-2H3. The van der Waals surface area contributed by atoms with Gasteiger partial charge in [-0.15, -0.1) is 0 Å². The molecule has 3 atom stereocenters. The van der Waals surface area contributed by atoms with E-state index in [0.717, 1.165) is 18.5 Å². The van der Waals surface area contributed by atoms with Gasteiger partial charge in [-0.25, -0.2) is 0 Å². The Hall–Kier alpha value is -0.860. The maximum Gasteiger partial charge on any atom is 0.0476 e. The van der Waals surface area contributed by atoms with Crippen LogP contribution in [0.4, 0.5) is 0 Å². The highest BCUT2D eigenvalue weighted by molar-refractivity contribution is 5.21. The van der Waals surface area contributed by atoms with Gasteiger partial charge in [-0.1, -0.05) is 50.6 Å². The number of benzene rings is 1. The average Bonchev–Trinajstić information content (AvgIpc) is 3.31. The van der Waals surface area contributed by atoms with Gasteiger partial charge in [0.1, 0.15) is 0 Å². The summed E-state index contributed by atoms with van der Waals surface area (Å²) >= 11 is 0. The molecule has 2 fully saturated rings. The van der Waals surface area contributed by atoms with E-state index >= 15 is 0 Å². The first-order chi connectivity index (χ1) is 9.29. The predicted molar refractivity (Wildman–Crippen MR) is 80.2 cm³/mol. The molecule has 0 aromatic heterocycles. The van der Waals surface area contributed by atoms with Crippen molar-refractivity contribution in [3.05, 3.63) is 35.9 Å². The van der Waals surface area contributed by atoms with Gasteiger partial charge < -0.3 is 5.32 Å². The molecule has 0 spiro atoms. The van der Waals surface area contributed by atoms with Crippen molar-refractivity contribution in [2.24, 2.45) is 5.92 Å². The SMILES string of the molecule is CCC(C)C1CN(C2CC2)C(c2ccccc2)CN1. The second-order valence-corrected chi connectivity index (χ2v) is 6.25. The molecule has 1 heterocycles. The van der Waals surface area contributed by atoms with Crippen molar-refractivity contribution >= 4 is 0 Å². The van der Waals surface area contributed by atoms with Crippen molar-refractivity contribution in [3.8, 4) is 0 Å². The molecule has 104 valence electrons. The highest BCUT2D eigenvalue weighted by atomic mass is 15.3. The number of piperazine rings is 1. The summed E-state index contributed by atoms with van der Waals surface area (Å²) in [6.45, 7) is 7.01. The lowest BCUT2D eigenvalue weighted by Crippen LogP contribution is -2.55. The van der Waals surface area contributed by atoms with Crippen LogP contribution in [0.25, 0.3) is 0 Å². The van der Waals surface area contributed by atoms with E-state index in [1.54, 1.807) is 0 Å². The van der Waals surface area contributed by atoms with Crippen LogP contribution >= 0.6 is 0 Å². The third-order valence-electron chi connectivity index (χ3n) is 4.91. The molecule has 1 N–H and O–H groups in total. The molecule has 1 aliphatic heterocycles. The van der Waals surface area contributed by atoms with Crippen molar-refractivity contribution < 1.29 is 0 Å². The molecule has 3 unspecified atom stereocenters. The number of nitrogens with one attached hydrogen (secondary N) is 1. The second-order valence-electron chi connectivity index (χ2n) is 6.25. The molecule has 0 amide bonds. The molecule has 1 saturated heterocycles. The van der Waals surface area contributed by atoms with Crippen LogP contribution in [0.3, 0.4) is 0 Å². The summed E-state index contributed by atoms with van der Waals surface area (Å²) in [5.41, 5.74) is 1.48. The molecule has 1 saturated carbocycles. The second kappa shape index (κ2) is 5.64. The minimum atomic E-state index is 0.578. The molecule has 0 radical (unpaired) electrons. The first-order valence-corrected chi connectivity index (χ1v) is 7.83. The van der Waals surface area contributed by atoms with Crippen LogP contribution in [0.5, 0.6) is 0 Å². The third-order valence-corrected chi connectivity index (χ3v) is 4.91. The van der Waals surface area contributed by atoms with Crippen LogP contribution in [0.1, 0.15) is 44.7 Å². The van der Waals surface area contributed by atoms with Crippen molar-refractivity contribution in [2.75, 3.05) is 13.1 Å². The topological polar surface area (TPSA) is 15.3 Å². The molecule has 1 aromatic carbocycles. The van der Waals surface area contributed by atoms with Gasteiger partial charge >= 0.3 is 0 Å².